The molecule has 5 nitrogen and oxygen atoms in total. The van der Waals surface area contributed by atoms with Gasteiger partial charge in [-0.05, 0) is 46.5 Å². The molecular weight excluding hydrogens is 332 g/mol. The molecule has 0 atom stereocenters. The molecule has 4 rings (SSSR count). The van der Waals surface area contributed by atoms with Crippen molar-refractivity contribution in [1.82, 2.24) is 19.4 Å². The molecule has 1 saturated heterocycles. The van der Waals surface area contributed by atoms with E-state index < -0.39 is 0 Å². The van der Waals surface area contributed by atoms with Crippen molar-refractivity contribution in [3.63, 3.8) is 0 Å². The van der Waals surface area contributed by atoms with E-state index in [0.717, 1.165) is 41.5 Å². The average Bonchev–Trinajstić information content (AvgIpc) is 3.08. The summed E-state index contributed by atoms with van der Waals surface area (Å²) in [7, 11) is 0. The molecule has 1 saturated carbocycles. The van der Waals surface area contributed by atoms with Gasteiger partial charge >= 0.3 is 0 Å². The molecule has 0 unspecified atom stereocenters. The number of hydrogen-bond acceptors (Lipinski definition) is 4. The highest BCUT2D eigenvalue weighted by atomic mass is 32.1. The third-order valence-electron chi connectivity index (χ3n) is 5.70. The van der Waals surface area contributed by atoms with Gasteiger partial charge < -0.3 is 9.47 Å². The summed E-state index contributed by atoms with van der Waals surface area (Å²) in [6, 6.07) is 0.478. The lowest BCUT2D eigenvalue weighted by molar-refractivity contribution is 0.0696. The van der Waals surface area contributed by atoms with Crippen molar-refractivity contribution in [3.05, 3.63) is 33.3 Å². The van der Waals surface area contributed by atoms with E-state index in [0.29, 0.717) is 12.0 Å². The maximum atomic E-state index is 12.8. The number of nitrogens with zero attached hydrogens (tertiary/aromatic N) is 4. The Bertz CT molecular complexity index is 781. The molecule has 0 N–H and O–H groups in total. The van der Waals surface area contributed by atoms with E-state index in [1.165, 1.54) is 42.1 Å². The topological polar surface area (TPSA) is 51.0 Å². The highest BCUT2D eigenvalue weighted by Gasteiger charge is 2.31. The molecule has 1 amide bonds. The van der Waals surface area contributed by atoms with E-state index in [4.69, 9.17) is 4.98 Å². The van der Waals surface area contributed by atoms with Crippen LogP contribution in [0.2, 0.25) is 0 Å². The second-order valence-corrected chi connectivity index (χ2v) is 8.63. The molecule has 25 heavy (non-hydrogen) atoms. The number of thiazole rings is 1. The summed E-state index contributed by atoms with van der Waals surface area (Å²) in [5.74, 6) is 2.08. The minimum atomic E-state index is 0.156. The highest BCUT2D eigenvalue weighted by Crippen LogP contribution is 2.38. The van der Waals surface area contributed by atoms with Crippen molar-refractivity contribution >= 4 is 17.2 Å². The van der Waals surface area contributed by atoms with Crippen LogP contribution in [0, 0.1) is 20.8 Å². The average molecular weight is 359 g/mol. The van der Waals surface area contributed by atoms with Crippen LogP contribution in [0.3, 0.4) is 0 Å². The lowest BCUT2D eigenvalue weighted by atomic mass is 9.84. The zero-order chi connectivity index (χ0) is 17.6. The normalized spacial score (nSPS) is 19.2. The van der Waals surface area contributed by atoms with Crippen molar-refractivity contribution < 1.29 is 4.79 Å². The molecule has 3 heterocycles. The third-order valence-corrected chi connectivity index (χ3v) is 6.76. The van der Waals surface area contributed by atoms with Gasteiger partial charge in [0.2, 0.25) is 0 Å². The Morgan fingerprint density at radius 1 is 1.16 bits per heavy atom. The molecule has 2 aromatic rings. The molecule has 134 valence electrons. The minimum absolute atomic E-state index is 0.156. The predicted octanol–water partition coefficient (Wildman–Crippen LogP) is 4.01. The van der Waals surface area contributed by atoms with Gasteiger partial charge in [-0.15, -0.1) is 11.3 Å². The fourth-order valence-electron chi connectivity index (χ4n) is 4.11. The Morgan fingerprint density at radius 2 is 1.88 bits per heavy atom. The van der Waals surface area contributed by atoms with Gasteiger partial charge in [-0.1, -0.05) is 6.42 Å². The first-order valence-corrected chi connectivity index (χ1v) is 10.1. The summed E-state index contributed by atoms with van der Waals surface area (Å²) in [6.07, 6.45) is 7.93. The Morgan fingerprint density at radius 3 is 2.44 bits per heavy atom. The van der Waals surface area contributed by atoms with Crippen LogP contribution in [-0.4, -0.2) is 38.4 Å². The van der Waals surface area contributed by atoms with Crippen LogP contribution in [0.5, 0.6) is 0 Å². The number of likely N-dealkylation sites (tertiary alicyclic amines) is 1. The van der Waals surface area contributed by atoms with Crippen LogP contribution in [-0.2, 0) is 0 Å². The zero-order valence-corrected chi connectivity index (χ0v) is 16.1. The Kier molecular flexibility index (Phi) is 4.40. The molecule has 2 aliphatic rings. The summed E-state index contributed by atoms with van der Waals surface area (Å²) < 4.78 is 2.47. The van der Waals surface area contributed by atoms with Gasteiger partial charge in [0.25, 0.3) is 5.91 Å². The number of aromatic nitrogens is 3. The lowest BCUT2D eigenvalue weighted by Gasteiger charge is -2.35. The minimum Gasteiger partial charge on any atom is -0.338 e. The maximum Gasteiger partial charge on any atom is 0.265 e. The molecule has 2 aromatic heterocycles. The summed E-state index contributed by atoms with van der Waals surface area (Å²) in [5.41, 5.74) is 2.13. The SMILES string of the molecule is Cc1nc(C)c(C(=O)N2CCC(n3c(C)cnc3C3CCC3)CC2)s1. The molecule has 0 radical (unpaired) electrons. The summed E-state index contributed by atoms with van der Waals surface area (Å²) in [6.45, 7) is 7.70. The van der Waals surface area contributed by atoms with Crippen molar-refractivity contribution in [2.24, 2.45) is 0 Å². The molecule has 0 aromatic carbocycles. The summed E-state index contributed by atoms with van der Waals surface area (Å²) in [4.78, 5) is 24.7. The number of rotatable bonds is 3. The maximum absolute atomic E-state index is 12.8. The van der Waals surface area contributed by atoms with Crippen molar-refractivity contribution in [3.8, 4) is 0 Å². The lowest BCUT2D eigenvalue weighted by Crippen LogP contribution is -2.39. The summed E-state index contributed by atoms with van der Waals surface area (Å²) >= 11 is 1.52. The monoisotopic (exact) mass is 358 g/mol. The molecule has 0 spiro atoms. The van der Waals surface area contributed by atoms with Gasteiger partial charge in [0.05, 0.1) is 10.7 Å². The number of hydrogen-bond donors (Lipinski definition) is 0. The first kappa shape index (κ1) is 16.8. The smallest absolute Gasteiger partial charge is 0.265 e. The fourth-order valence-corrected chi connectivity index (χ4v) is 5.00. The van der Waals surface area contributed by atoms with Crippen LogP contribution in [0.15, 0.2) is 6.20 Å². The van der Waals surface area contributed by atoms with Crippen LogP contribution in [0.4, 0.5) is 0 Å². The van der Waals surface area contributed by atoms with Crippen molar-refractivity contribution in [1.29, 1.82) is 0 Å². The van der Waals surface area contributed by atoms with Crippen LogP contribution >= 0.6 is 11.3 Å². The molecule has 2 fully saturated rings. The van der Waals surface area contributed by atoms with Crippen LogP contribution in [0.25, 0.3) is 0 Å². The first-order chi connectivity index (χ1) is 12.0. The van der Waals surface area contributed by atoms with E-state index in [1.807, 2.05) is 24.9 Å². The number of imidazole rings is 1. The summed E-state index contributed by atoms with van der Waals surface area (Å²) in [5, 5.41) is 0.968. The Hall–Kier alpha value is -1.69. The molecular formula is C19H26N4OS. The van der Waals surface area contributed by atoms with E-state index in [-0.39, 0.29) is 5.91 Å². The standard InChI is InChI=1S/C19H26N4OS/c1-12-11-20-18(15-5-4-6-15)23(12)16-7-9-22(10-8-16)19(24)17-13(2)21-14(3)25-17/h11,15-16H,4-10H2,1-3H3. The van der Waals surface area contributed by atoms with Gasteiger partial charge in [0, 0.05) is 36.9 Å². The quantitative estimate of drug-likeness (QED) is 0.833. The number of carbonyl (C=O) groups is 1. The molecule has 6 heteroatoms. The number of amides is 1. The van der Waals surface area contributed by atoms with Gasteiger partial charge in [-0.25, -0.2) is 9.97 Å². The van der Waals surface area contributed by atoms with E-state index in [2.05, 4.69) is 16.5 Å². The second-order valence-electron chi connectivity index (χ2n) is 7.43. The van der Waals surface area contributed by atoms with E-state index in [1.54, 1.807) is 0 Å². The van der Waals surface area contributed by atoms with Gasteiger partial charge in [-0.2, -0.15) is 0 Å². The van der Waals surface area contributed by atoms with E-state index in [9.17, 15) is 4.79 Å². The van der Waals surface area contributed by atoms with E-state index >= 15 is 0 Å². The molecule has 0 bridgehead atoms. The first-order valence-electron chi connectivity index (χ1n) is 9.31. The third kappa shape index (κ3) is 3.01. The van der Waals surface area contributed by atoms with Crippen LogP contribution < -0.4 is 0 Å². The van der Waals surface area contributed by atoms with Gasteiger partial charge in [-0.3, -0.25) is 4.79 Å². The van der Waals surface area contributed by atoms with Gasteiger partial charge in [0.1, 0.15) is 10.7 Å². The largest absolute Gasteiger partial charge is 0.338 e. The second kappa shape index (κ2) is 6.56. The highest BCUT2D eigenvalue weighted by molar-refractivity contribution is 7.13. The molecule has 1 aliphatic carbocycles. The fraction of sp³-hybridized carbons (Fsp3) is 0.632. The van der Waals surface area contributed by atoms with Crippen molar-refractivity contribution in [2.75, 3.05) is 13.1 Å². The Balaban J connectivity index is 1.46. The number of carbonyl (C=O) groups excluding carboxylic acids is 1. The predicted molar refractivity (Wildman–Crippen MR) is 99.3 cm³/mol. The van der Waals surface area contributed by atoms with Crippen LogP contribution in [0.1, 0.15) is 76.0 Å². The molecule has 1 aliphatic heterocycles. The van der Waals surface area contributed by atoms with Crippen molar-refractivity contribution in [2.45, 2.75) is 64.8 Å². The number of piperidine rings is 1. The number of aryl methyl sites for hydroxylation is 3. The van der Waals surface area contributed by atoms with Gasteiger partial charge in [0.15, 0.2) is 0 Å². The Labute approximate surface area is 153 Å². The zero-order valence-electron chi connectivity index (χ0n) is 15.3.